The number of Topliss-reactive ketones (excluding diaryl/α,β-unsaturated/α-hetero) is 1. The summed E-state index contributed by atoms with van der Waals surface area (Å²) in [6, 6.07) is 17.7. The number of aliphatic hydroxyl groups is 1. The Balaban J connectivity index is 1.91. The first-order valence-electron chi connectivity index (χ1n) is 12.4. The number of nitrogens with zero attached hydrogens (tertiary/aromatic N) is 2. The number of aliphatic hydroxyl groups excluding tert-OH is 1. The highest BCUT2D eigenvalue weighted by atomic mass is 16.5. The lowest BCUT2D eigenvalue weighted by molar-refractivity contribution is -0.132. The van der Waals surface area contributed by atoms with Crippen LogP contribution in [0.1, 0.15) is 37.9 Å². The van der Waals surface area contributed by atoms with Crippen molar-refractivity contribution in [2.24, 2.45) is 0 Å². The molecule has 4 rings (SSSR count). The molecule has 8 nitrogen and oxygen atoms in total. The normalized spacial score (nSPS) is 16.7. The van der Waals surface area contributed by atoms with Gasteiger partial charge >= 0.3 is 0 Å². The Bertz CT molecular complexity index is 1380. The van der Waals surface area contributed by atoms with E-state index in [1.165, 1.54) is 11.0 Å². The molecule has 0 aliphatic carbocycles. The van der Waals surface area contributed by atoms with Gasteiger partial charge in [-0.1, -0.05) is 18.2 Å². The fraction of sp³-hybridized carbons (Fsp3) is 0.267. The van der Waals surface area contributed by atoms with E-state index < -0.39 is 17.7 Å². The number of rotatable bonds is 8. The zero-order chi connectivity index (χ0) is 27.6. The Morgan fingerprint density at radius 2 is 1.74 bits per heavy atom. The minimum absolute atomic E-state index is 0.0680. The summed E-state index contributed by atoms with van der Waals surface area (Å²) in [7, 11) is 3.81. The maximum atomic E-state index is 13.5. The van der Waals surface area contributed by atoms with Crippen molar-refractivity contribution in [2.75, 3.05) is 30.5 Å². The molecule has 2 N–H and O–H groups in total. The molecular weight excluding hydrogens is 484 g/mol. The van der Waals surface area contributed by atoms with Crippen LogP contribution in [0.2, 0.25) is 0 Å². The Morgan fingerprint density at radius 3 is 2.37 bits per heavy atom. The van der Waals surface area contributed by atoms with E-state index in [9.17, 15) is 19.8 Å². The Labute approximate surface area is 222 Å². The Kier molecular flexibility index (Phi) is 7.62. The zero-order valence-corrected chi connectivity index (χ0v) is 22.1. The van der Waals surface area contributed by atoms with Crippen LogP contribution in [-0.4, -0.2) is 48.7 Å². The predicted molar refractivity (Wildman–Crippen MR) is 147 cm³/mol. The van der Waals surface area contributed by atoms with E-state index in [0.29, 0.717) is 29.2 Å². The van der Waals surface area contributed by atoms with Crippen molar-refractivity contribution in [3.63, 3.8) is 0 Å². The van der Waals surface area contributed by atoms with Crippen molar-refractivity contribution in [1.82, 2.24) is 0 Å². The first kappa shape index (κ1) is 26.6. The third-order valence-electron chi connectivity index (χ3n) is 6.17. The number of carbonyl (C=O) groups is 2. The lowest BCUT2D eigenvalue weighted by atomic mass is 9.94. The summed E-state index contributed by atoms with van der Waals surface area (Å²) in [5, 5.41) is 21.7. The number of anilines is 2. The topological polar surface area (TPSA) is 99.5 Å². The Morgan fingerprint density at radius 1 is 1.03 bits per heavy atom. The molecule has 1 saturated heterocycles. The summed E-state index contributed by atoms with van der Waals surface area (Å²) < 4.78 is 11.3. The van der Waals surface area contributed by atoms with Crippen LogP contribution >= 0.6 is 0 Å². The fourth-order valence-electron chi connectivity index (χ4n) is 4.44. The van der Waals surface area contributed by atoms with E-state index in [4.69, 9.17) is 9.47 Å². The van der Waals surface area contributed by atoms with Gasteiger partial charge in [-0.2, -0.15) is 0 Å². The van der Waals surface area contributed by atoms with Gasteiger partial charge < -0.3 is 24.6 Å². The van der Waals surface area contributed by atoms with Crippen molar-refractivity contribution in [2.45, 2.75) is 32.9 Å². The van der Waals surface area contributed by atoms with Gasteiger partial charge in [0.1, 0.15) is 11.5 Å². The third-order valence-corrected chi connectivity index (χ3v) is 6.17. The highest BCUT2D eigenvalue weighted by Gasteiger charge is 2.47. The van der Waals surface area contributed by atoms with Crippen LogP contribution in [0.5, 0.6) is 17.2 Å². The minimum atomic E-state index is -0.963. The van der Waals surface area contributed by atoms with E-state index in [-0.39, 0.29) is 28.9 Å². The first-order valence-corrected chi connectivity index (χ1v) is 12.4. The number of aromatic hydroxyl groups is 1. The third kappa shape index (κ3) is 5.16. The average Bonchev–Trinajstić information content (AvgIpc) is 3.15. The SMILES string of the molecule is CCOc1cc(C2/C(=C(/O)c3cccc(OC(C)C)c3)C(=O)C(=O)N2c2ccc(N(C)C)cc2)ccc1O. The molecule has 3 aromatic rings. The minimum Gasteiger partial charge on any atom is -0.507 e. The van der Waals surface area contributed by atoms with Crippen molar-refractivity contribution < 1.29 is 29.3 Å². The van der Waals surface area contributed by atoms with Gasteiger partial charge in [0.25, 0.3) is 11.7 Å². The van der Waals surface area contributed by atoms with Gasteiger partial charge in [0.15, 0.2) is 11.5 Å². The number of hydrogen-bond acceptors (Lipinski definition) is 7. The van der Waals surface area contributed by atoms with Crippen LogP contribution in [-0.2, 0) is 9.59 Å². The Hall–Kier alpha value is -4.46. The van der Waals surface area contributed by atoms with E-state index in [0.717, 1.165) is 5.69 Å². The molecular formula is C30H32N2O6. The lowest BCUT2D eigenvalue weighted by Gasteiger charge is -2.26. The predicted octanol–water partition coefficient (Wildman–Crippen LogP) is 5.27. The van der Waals surface area contributed by atoms with Gasteiger partial charge in [0, 0.05) is 31.0 Å². The fourth-order valence-corrected chi connectivity index (χ4v) is 4.44. The second-order valence-corrected chi connectivity index (χ2v) is 9.43. The molecule has 38 heavy (non-hydrogen) atoms. The molecule has 1 aliphatic heterocycles. The molecule has 198 valence electrons. The summed E-state index contributed by atoms with van der Waals surface area (Å²) in [5.74, 6) is -1.23. The molecule has 3 aromatic carbocycles. The molecule has 0 radical (unpaired) electrons. The van der Waals surface area contributed by atoms with Crippen LogP contribution < -0.4 is 19.3 Å². The molecule has 1 atom stereocenters. The second-order valence-electron chi connectivity index (χ2n) is 9.43. The van der Waals surface area contributed by atoms with Gasteiger partial charge in [-0.05, 0) is 74.9 Å². The van der Waals surface area contributed by atoms with E-state index in [2.05, 4.69) is 0 Å². The maximum absolute atomic E-state index is 13.5. The van der Waals surface area contributed by atoms with Crippen molar-refractivity contribution in [3.05, 3.63) is 83.4 Å². The smallest absolute Gasteiger partial charge is 0.300 e. The number of carbonyl (C=O) groups excluding carboxylic acids is 2. The monoisotopic (exact) mass is 516 g/mol. The van der Waals surface area contributed by atoms with Crippen LogP contribution in [0.3, 0.4) is 0 Å². The van der Waals surface area contributed by atoms with Crippen molar-refractivity contribution >= 4 is 28.8 Å². The van der Waals surface area contributed by atoms with E-state index >= 15 is 0 Å². The molecule has 1 aliphatic rings. The number of phenols is 1. The number of hydrogen-bond donors (Lipinski definition) is 2. The van der Waals surface area contributed by atoms with Gasteiger partial charge in [-0.15, -0.1) is 0 Å². The van der Waals surface area contributed by atoms with Gasteiger partial charge in [-0.25, -0.2) is 0 Å². The quantitative estimate of drug-likeness (QED) is 0.239. The summed E-state index contributed by atoms with van der Waals surface area (Å²) in [5.41, 5.74) is 2.19. The molecule has 8 heteroatoms. The van der Waals surface area contributed by atoms with Gasteiger partial charge in [0.05, 0.1) is 24.3 Å². The molecule has 1 unspecified atom stereocenters. The summed E-state index contributed by atoms with van der Waals surface area (Å²) in [6.45, 7) is 5.88. The molecule has 1 fully saturated rings. The highest BCUT2D eigenvalue weighted by molar-refractivity contribution is 6.51. The number of benzene rings is 3. The summed E-state index contributed by atoms with van der Waals surface area (Å²) >= 11 is 0. The van der Waals surface area contributed by atoms with Crippen LogP contribution in [0.15, 0.2) is 72.3 Å². The number of amides is 1. The zero-order valence-electron chi connectivity index (χ0n) is 22.1. The molecule has 0 saturated carbocycles. The molecule has 1 heterocycles. The number of ether oxygens (including phenoxy) is 2. The van der Waals surface area contributed by atoms with Crippen molar-refractivity contribution in [3.8, 4) is 17.2 Å². The van der Waals surface area contributed by atoms with E-state index in [1.807, 2.05) is 45.0 Å². The van der Waals surface area contributed by atoms with E-state index in [1.54, 1.807) is 55.5 Å². The second kappa shape index (κ2) is 10.9. The van der Waals surface area contributed by atoms with Gasteiger partial charge in [0.2, 0.25) is 0 Å². The van der Waals surface area contributed by atoms with Crippen LogP contribution in [0.25, 0.3) is 5.76 Å². The highest BCUT2D eigenvalue weighted by Crippen LogP contribution is 2.44. The molecule has 0 bridgehead atoms. The molecule has 0 spiro atoms. The standard InChI is InChI=1S/C30H32N2O6/c1-6-37-25-17-19(10-15-24(25)33)27-26(28(34)20-8-7-9-23(16-20)38-18(2)3)29(35)30(36)32(27)22-13-11-21(12-14-22)31(4)5/h7-18,27,33-34H,6H2,1-5H3/b28-26-. The average molecular weight is 517 g/mol. The number of phenolic OH excluding ortho intramolecular Hbond substituents is 1. The maximum Gasteiger partial charge on any atom is 0.300 e. The lowest BCUT2D eigenvalue weighted by Crippen LogP contribution is -2.29. The summed E-state index contributed by atoms with van der Waals surface area (Å²) in [4.78, 5) is 30.2. The van der Waals surface area contributed by atoms with Crippen molar-refractivity contribution in [1.29, 1.82) is 0 Å². The number of ketones is 1. The molecule has 1 amide bonds. The van der Waals surface area contributed by atoms with Crippen LogP contribution in [0, 0.1) is 0 Å². The largest absolute Gasteiger partial charge is 0.507 e. The first-order chi connectivity index (χ1) is 18.1. The van der Waals surface area contributed by atoms with Crippen LogP contribution in [0.4, 0.5) is 11.4 Å². The van der Waals surface area contributed by atoms with Gasteiger partial charge in [-0.3, -0.25) is 14.5 Å². The summed E-state index contributed by atoms with van der Waals surface area (Å²) in [6.07, 6.45) is -0.0860. The molecule has 0 aromatic heterocycles.